The van der Waals surface area contributed by atoms with Gasteiger partial charge in [-0.15, -0.1) is 10.2 Å². The Kier molecular flexibility index (Phi) is 6.02. The van der Waals surface area contributed by atoms with Gasteiger partial charge in [0, 0.05) is 25.5 Å². The topological polar surface area (TPSA) is 86.9 Å². The van der Waals surface area contributed by atoms with Gasteiger partial charge in [-0.05, 0) is 25.1 Å². The second-order valence-corrected chi connectivity index (χ2v) is 6.99. The average Bonchev–Trinajstić information content (AvgIpc) is 3.26. The highest BCUT2D eigenvalue weighted by Gasteiger charge is 2.14. The fourth-order valence-electron chi connectivity index (χ4n) is 2.42. The highest BCUT2D eigenvalue weighted by atomic mass is 35.5. The summed E-state index contributed by atoms with van der Waals surface area (Å²) < 4.78 is 8.77. The minimum atomic E-state index is -0.162. The number of amides is 1. The number of hydrogen-bond acceptors (Lipinski definition) is 6. The number of methoxy groups -OCH3 is 1. The fourth-order valence-corrected chi connectivity index (χ4v) is 3.38. The molecule has 0 fully saturated rings. The van der Waals surface area contributed by atoms with E-state index in [1.807, 2.05) is 29.4 Å². The quantitative estimate of drug-likeness (QED) is 0.607. The number of ether oxygens (including phenoxy) is 1. The molecule has 27 heavy (non-hydrogen) atoms. The molecule has 1 aromatic carbocycles. The Morgan fingerprint density at radius 2 is 2.19 bits per heavy atom. The van der Waals surface area contributed by atoms with Crippen molar-refractivity contribution in [1.82, 2.24) is 24.5 Å². The van der Waals surface area contributed by atoms with E-state index in [-0.39, 0.29) is 11.7 Å². The molecule has 1 N–H and O–H groups in total. The van der Waals surface area contributed by atoms with Gasteiger partial charge >= 0.3 is 0 Å². The molecule has 10 heteroatoms. The number of nitrogens with one attached hydrogen (secondary N) is 1. The largest absolute Gasteiger partial charge is 0.495 e. The molecule has 2 aromatic heterocycles. The lowest BCUT2D eigenvalue weighted by molar-refractivity contribution is -0.113. The summed E-state index contributed by atoms with van der Waals surface area (Å²) in [5.41, 5.74) is 1.49. The van der Waals surface area contributed by atoms with Crippen molar-refractivity contribution in [2.75, 3.05) is 18.2 Å². The van der Waals surface area contributed by atoms with Gasteiger partial charge in [0.25, 0.3) is 0 Å². The number of hydrogen-bond donors (Lipinski definition) is 1. The molecule has 2 heterocycles. The Hall–Kier alpha value is -2.52. The van der Waals surface area contributed by atoms with Gasteiger partial charge in [0.15, 0.2) is 11.0 Å². The molecule has 0 bridgehead atoms. The Bertz CT molecular complexity index is 955. The molecule has 8 nitrogen and oxygen atoms in total. The monoisotopic (exact) mass is 406 g/mol. The first-order chi connectivity index (χ1) is 13.0. The van der Waals surface area contributed by atoms with Gasteiger partial charge in [0.1, 0.15) is 5.75 Å². The lowest BCUT2D eigenvalue weighted by atomic mass is 10.3. The van der Waals surface area contributed by atoms with Crippen molar-refractivity contribution in [2.45, 2.75) is 18.6 Å². The molecule has 0 aliphatic heterocycles. The zero-order chi connectivity index (χ0) is 19.4. The fraction of sp³-hybridized carbons (Fsp3) is 0.294. The van der Waals surface area contributed by atoms with Crippen LogP contribution in [0.15, 0.2) is 35.7 Å². The predicted molar refractivity (Wildman–Crippen MR) is 105 cm³/mol. The summed E-state index contributed by atoms with van der Waals surface area (Å²) in [6, 6.07) is 5.09. The van der Waals surface area contributed by atoms with Gasteiger partial charge in [-0.1, -0.05) is 23.4 Å². The average molecular weight is 407 g/mol. The SMILES string of the molecule is CCn1cc(-c2nnc(SCC(=O)Nc3ccc(OC)c(Cl)c3)n2C)cn1. The summed E-state index contributed by atoms with van der Waals surface area (Å²) in [5.74, 6) is 1.30. The third kappa shape index (κ3) is 4.42. The molecule has 3 aromatic rings. The molecule has 0 spiro atoms. The minimum absolute atomic E-state index is 0.162. The van der Waals surface area contributed by atoms with Gasteiger partial charge < -0.3 is 14.6 Å². The molecule has 0 atom stereocenters. The molecule has 3 rings (SSSR count). The summed E-state index contributed by atoms with van der Waals surface area (Å²) in [6.45, 7) is 2.80. The van der Waals surface area contributed by atoms with Crippen molar-refractivity contribution >= 4 is 35.0 Å². The smallest absolute Gasteiger partial charge is 0.234 e. The number of benzene rings is 1. The highest BCUT2D eigenvalue weighted by Crippen LogP contribution is 2.27. The van der Waals surface area contributed by atoms with Crippen molar-refractivity contribution in [3.8, 4) is 17.1 Å². The van der Waals surface area contributed by atoms with E-state index in [1.54, 1.807) is 31.5 Å². The lowest BCUT2D eigenvalue weighted by Crippen LogP contribution is -2.14. The van der Waals surface area contributed by atoms with Crippen molar-refractivity contribution in [2.24, 2.45) is 7.05 Å². The van der Waals surface area contributed by atoms with E-state index in [2.05, 4.69) is 20.6 Å². The van der Waals surface area contributed by atoms with Crippen LogP contribution in [-0.2, 0) is 18.4 Å². The second-order valence-electron chi connectivity index (χ2n) is 5.64. The first-order valence-corrected chi connectivity index (χ1v) is 9.56. The number of rotatable bonds is 7. The van der Waals surface area contributed by atoms with Crippen LogP contribution < -0.4 is 10.1 Å². The normalized spacial score (nSPS) is 10.8. The standard InChI is InChI=1S/C17H19ClN6O2S/c1-4-24-9-11(8-19-24)16-21-22-17(23(16)2)27-10-15(25)20-12-5-6-14(26-3)13(18)7-12/h5-9H,4,10H2,1-3H3,(H,20,25). The Morgan fingerprint density at radius 1 is 1.37 bits per heavy atom. The van der Waals surface area contributed by atoms with Crippen molar-refractivity contribution in [3.63, 3.8) is 0 Å². The summed E-state index contributed by atoms with van der Waals surface area (Å²) >= 11 is 7.38. The van der Waals surface area contributed by atoms with E-state index in [0.29, 0.717) is 27.4 Å². The molecule has 0 aliphatic carbocycles. The van der Waals surface area contributed by atoms with Crippen molar-refractivity contribution in [1.29, 1.82) is 0 Å². The Morgan fingerprint density at radius 3 is 2.85 bits per heavy atom. The molecule has 0 saturated heterocycles. The predicted octanol–water partition coefficient (Wildman–Crippen LogP) is 3.09. The lowest BCUT2D eigenvalue weighted by Gasteiger charge is -2.08. The first-order valence-electron chi connectivity index (χ1n) is 8.20. The Labute approximate surface area is 165 Å². The van der Waals surface area contributed by atoms with Crippen LogP contribution >= 0.6 is 23.4 Å². The molecule has 0 unspecified atom stereocenters. The summed E-state index contributed by atoms with van der Waals surface area (Å²) in [4.78, 5) is 12.2. The minimum Gasteiger partial charge on any atom is -0.495 e. The van der Waals surface area contributed by atoms with Crippen molar-refractivity contribution < 1.29 is 9.53 Å². The number of halogens is 1. The molecule has 142 valence electrons. The zero-order valence-corrected chi connectivity index (χ0v) is 16.7. The van der Waals surface area contributed by atoms with E-state index in [9.17, 15) is 4.79 Å². The van der Waals surface area contributed by atoms with E-state index in [4.69, 9.17) is 16.3 Å². The molecular weight excluding hydrogens is 388 g/mol. The molecule has 1 amide bonds. The number of anilines is 1. The molecule has 0 aliphatic rings. The summed E-state index contributed by atoms with van der Waals surface area (Å²) in [7, 11) is 3.40. The molecule has 0 saturated carbocycles. The third-order valence-corrected chi connectivity index (χ3v) is 5.13. The van der Waals surface area contributed by atoms with Crippen LogP contribution in [0.25, 0.3) is 11.4 Å². The second kappa shape index (κ2) is 8.45. The number of thioether (sulfide) groups is 1. The van der Waals surface area contributed by atoms with Crippen LogP contribution in [-0.4, -0.2) is 43.3 Å². The summed E-state index contributed by atoms with van der Waals surface area (Å²) in [6.07, 6.45) is 3.67. The maximum absolute atomic E-state index is 12.2. The van der Waals surface area contributed by atoms with Crippen LogP contribution in [0.1, 0.15) is 6.92 Å². The maximum atomic E-state index is 12.2. The Balaban J connectivity index is 1.61. The van der Waals surface area contributed by atoms with E-state index >= 15 is 0 Å². The van der Waals surface area contributed by atoms with Crippen LogP contribution in [0.5, 0.6) is 5.75 Å². The summed E-state index contributed by atoms with van der Waals surface area (Å²) in [5, 5.41) is 16.5. The first kappa shape index (κ1) is 19.2. The molecular formula is C17H19ClN6O2S. The van der Waals surface area contributed by atoms with E-state index < -0.39 is 0 Å². The van der Waals surface area contributed by atoms with Gasteiger partial charge in [-0.3, -0.25) is 9.48 Å². The van der Waals surface area contributed by atoms with Gasteiger partial charge in [-0.25, -0.2) is 0 Å². The number of nitrogens with zero attached hydrogens (tertiary/aromatic N) is 5. The van der Waals surface area contributed by atoms with Crippen LogP contribution in [0.4, 0.5) is 5.69 Å². The number of carbonyl (C=O) groups excluding carboxylic acids is 1. The van der Waals surface area contributed by atoms with E-state index in [0.717, 1.165) is 12.1 Å². The van der Waals surface area contributed by atoms with Crippen LogP contribution in [0.3, 0.4) is 0 Å². The zero-order valence-electron chi connectivity index (χ0n) is 15.1. The third-order valence-electron chi connectivity index (χ3n) is 3.82. The molecule has 0 radical (unpaired) electrons. The van der Waals surface area contributed by atoms with Gasteiger partial charge in [-0.2, -0.15) is 5.10 Å². The number of aryl methyl sites for hydroxylation is 1. The maximum Gasteiger partial charge on any atom is 0.234 e. The van der Waals surface area contributed by atoms with Gasteiger partial charge in [0.05, 0.1) is 29.6 Å². The van der Waals surface area contributed by atoms with Crippen LogP contribution in [0, 0.1) is 0 Å². The van der Waals surface area contributed by atoms with Crippen LogP contribution in [0.2, 0.25) is 5.02 Å². The van der Waals surface area contributed by atoms with Crippen molar-refractivity contribution in [3.05, 3.63) is 35.6 Å². The number of carbonyl (C=O) groups is 1. The highest BCUT2D eigenvalue weighted by molar-refractivity contribution is 7.99. The van der Waals surface area contributed by atoms with E-state index in [1.165, 1.54) is 11.8 Å². The number of aromatic nitrogens is 5. The van der Waals surface area contributed by atoms with Gasteiger partial charge in [0.2, 0.25) is 5.91 Å².